The zero-order valence-electron chi connectivity index (χ0n) is 12.7. The van der Waals surface area contributed by atoms with E-state index in [0.717, 1.165) is 12.1 Å². The highest BCUT2D eigenvalue weighted by molar-refractivity contribution is 7.89. The van der Waals surface area contributed by atoms with Gasteiger partial charge in [-0.1, -0.05) is 18.2 Å². The number of carbonyl (C=O) groups is 1. The molecule has 9 heteroatoms. The fourth-order valence-electron chi connectivity index (χ4n) is 2.49. The van der Waals surface area contributed by atoms with Crippen molar-refractivity contribution in [1.29, 1.82) is 0 Å². The maximum absolute atomic E-state index is 12.7. The number of carbonyl (C=O) groups excluding carboxylic acids is 1. The standard InChI is InChI=1S/C16H13F3N2O3S/c17-16(18,19)12-3-1-2-10(6-12)9-20-25(23,24)13-4-5-14-11(7-13)8-15(22)21-14/h1-7,20H,8-9H2,(H,21,22). The number of rotatable bonds is 4. The van der Waals surface area contributed by atoms with E-state index in [0.29, 0.717) is 11.3 Å². The number of benzene rings is 2. The van der Waals surface area contributed by atoms with Crippen LogP contribution in [0, 0.1) is 0 Å². The molecule has 0 spiro atoms. The Bertz CT molecular complexity index is 940. The van der Waals surface area contributed by atoms with E-state index in [2.05, 4.69) is 10.0 Å². The van der Waals surface area contributed by atoms with Crippen molar-refractivity contribution in [3.05, 3.63) is 59.2 Å². The maximum Gasteiger partial charge on any atom is 0.416 e. The van der Waals surface area contributed by atoms with Crippen molar-refractivity contribution in [3.63, 3.8) is 0 Å². The van der Waals surface area contributed by atoms with Crippen LogP contribution in [0.4, 0.5) is 18.9 Å². The van der Waals surface area contributed by atoms with Crippen LogP contribution >= 0.6 is 0 Å². The molecule has 1 amide bonds. The fourth-order valence-corrected chi connectivity index (χ4v) is 3.56. The van der Waals surface area contributed by atoms with E-state index in [1.54, 1.807) is 0 Å². The number of alkyl halides is 3. The lowest BCUT2D eigenvalue weighted by Crippen LogP contribution is -2.23. The molecule has 25 heavy (non-hydrogen) atoms. The highest BCUT2D eigenvalue weighted by Gasteiger charge is 2.30. The molecule has 1 heterocycles. The van der Waals surface area contributed by atoms with Crippen molar-refractivity contribution in [2.45, 2.75) is 24.0 Å². The minimum absolute atomic E-state index is 0.0466. The summed E-state index contributed by atoms with van der Waals surface area (Å²) in [5.74, 6) is -0.221. The smallest absolute Gasteiger partial charge is 0.326 e. The van der Waals surface area contributed by atoms with E-state index in [1.807, 2.05) is 0 Å². The minimum Gasteiger partial charge on any atom is -0.326 e. The van der Waals surface area contributed by atoms with Gasteiger partial charge in [-0.25, -0.2) is 13.1 Å². The molecule has 2 N–H and O–H groups in total. The molecular formula is C16H13F3N2O3S. The normalized spacial score (nSPS) is 14.3. The van der Waals surface area contributed by atoms with Crippen LogP contribution in [0.1, 0.15) is 16.7 Å². The van der Waals surface area contributed by atoms with Gasteiger partial charge in [-0.2, -0.15) is 13.2 Å². The first kappa shape index (κ1) is 17.4. The van der Waals surface area contributed by atoms with E-state index >= 15 is 0 Å². The Balaban J connectivity index is 1.77. The summed E-state index contributed by atoms with van der Waals surface area (Å²) >= 11 is 0. The van der Waals surface area contributed by atoms with Gasteiger partial charge in [0.15, 0.2) is 0 Å². The van der Waals surface area contributed by atoms with Crippen molar-refractivity contribution in [3.8, 4) is 0 Å². The number of amides is 1. The molecule has 0 saturated carbocycles. The molecule has 0 fully saturated rings. The van der Waals surface area contributed by atoms with Gasteiger partial charge in [-0.15, -0.1) is 0 Å². The first-order valence-corrected chi connectivity index (χ1v) is 8.72. The Morgan fingerprint density at radius 2 is 1.88 bits per heavy atom. The SMILES string of the molecule is O=C1Cc2cc(S(=O)(=O)NCc3cccc(C(F)(F)F)c3)ccc2N1. The van der Waals surface area contributed by atoms with Crippen LogP contribution in [-0.2, 0) is 34.0 Å². The molecule has 0 aromatic heterocycles. The maximum atomic E-state index is 12.7. The Hall–Kier alpha value is -2.39. The Labute approximate surface area is 141 Å². The monoisotopic (exact) mass is 370 g/mol. The quantitative estimate of drug-likeness (QED) is 0.869. The van der Waals surface area contributed by atoms with Crippen molar-refractivity contribution < 1.29 is 26.4 Å². The predicted octanol–water partition coefficient (Wildman–Crippen LogP) is 2.68. The Morgan fingerprint density at radius 1 is 1.12 bits per heavy atom. The third-order valence-corrected chi connectivity index (χ3v) is 5.13. The van der Waals surface area contributed by atoms with Gasteiger partial charge in [-0.05, 0) is 35.4 Å². The van der Waals surface area contributed by atoms with Gasteiger partial charge in [0.1, 0.15) is 0 Å². The molecule has 0 aliphatic carbocycles. The average molecular weight is 370 g/mol. The molecular weight excluding hydrogens is 357 g/mol. The lowest BCUT2D eigenvalue weighted by atomic mass is 10.1. The van der Waals surface area contributed by atoms with Crippen molar-refractivity contribution in [2.75, 3.05) is 5.32 Å². The Morgan fingerprint density at radius 3 is 2.60 bits per heavy atom. The molecule has 1 aliphatic rings. The number of nitrogens with one attached hydrogen (secondary N) is 2. The highest BCUT2D eigenvalue weighted by Crippen LogP contribution is 2.30. The lowest BCUT2D eigenvalue weighted by Gasteiger charge is -2.10. The van der Waals surface area contributed by atoms with Gasteiger partial charge in [0.25, 0.3) is 0 Å². The van der Waals surface area contributed by atoms with Gasteiger partial charge in [0.2, 0.25) is 15.9 Å². The first-order valence-electron chi connectivity index (χ1n) is 7.24. The number of halogens is 3. The molecule has 0 unspecified atom stereocenters. The van der Waals surface area contributed by atoms with E-state index < -0.39 is 21.8 Å². The van der Waals surface area contributed by atoms with Gasteiger partial charge in [0.05, 0.1) is 16.9 Å². The van der Waals surface area contributed by atoms with Crippen LogP contribution in [0.3, 0.4) is 0 Å². The van der Waals surface area contributed by atoms with E-state index in [-0.39, 0.29) is 29.3 Å². The molecule has 5 nitrogen and oxygen atoms in total. The number of hydrogen-bond acceptors (Lipinski definition) is 3. The number of anilines is 1. The van der Waals surface area contributed by atoms with Gasteiger partial charge < -0.3 is 5.32 Å². The zero-order valence-corrected chi connectivity index (χ0v) is 13.5. The summed E-state index contributed by atoms with van der Waals surface area (Å²) in [6, 6.07) is 8.64. The van der Waals surface area contributed by atoms with Crippen molar-refractivity contribution >= 4 is 21.6 Å². The summed E-state index contributed by atoms with van der Waals surface area (Å²) < 4.78 is 65.0. The second kappa shape index (κ2) is 6.16. The van der Waals surface area contributed by atoms with Crippen LogP contribution in [0.5, 0.6) is 0 Å². The summed E-state index contributed by atoms with van der Waals surface area (Å²) in [6.45, 7) is -0.277. The number of fused-ring (bicyclic) bond motifs is 1. The van der Waals surface area contributed by atoms with Crippen molar-refractivity contribution in [2.24, 2.45) is 0 Å². The van der Waals surface area contributed by atoms with Crippen LogP contribution in [0.15, 0.2) is 47.4 Å². The summed E-state index contributed by atoms with van der Waals surface area (Å²) in [5, 5.41) is 2.59. The van der Waals surface area contributed by atoms with Gasteiger partial charge in [0, 0.05) is 12.2 Å². The number of sulfonamides is 1. The molecule has 0 saturated heterocycles. The molecule has 1 aliphatic heterocycles. The highest BCUT2D eigenvalue weighted by atomic mass is 32.2. The average Bonchev–Trinajstić information content (AvgIpc) is 2.91. The predicted molar refractivity (Wildman–Crippen MR) is 84.2 cm³/mol. The summed E-state index contributed by atoms with van der Waals surface area (Å²) in [6.07, 6.45) is -4.40. The van der Waals surface area contributed by atoms with Crippen LogP contribution < -0.4 is 10.0 Å². The van der Waals surface area contributed by atoms with Crippen LogP contribution in [0.2, 0.25) is 0 Å². The first-order chi connectivity index (χ1) is 11.6. The second-order valence-corrected chi connectivity index (χ2v) is 7.33. The van der Waals surface area contributed by atoms with E-state index in [1.165, 1.54) is 30.3 Å². The summed E-state index contributed by atoms with van der Waals surface area (Å²) in [4.78, 5) is 11.3. The van der Waals surface area contributed by atoms with Crippen LogP contribution in [0.25, 0.3) is 0 Å². The molecule has 2 aromatic rings. The Kier molecular flexibility index (Phi) is 4.29. The molecule has 2 aromatic carbocycles. The summed E-state index contributed by atoms with van der Waals surface area (Å²) in [7, 11) is -3.92. The largest absolute Gasteiger partial charge is 0.416 e. The third kappa shape index (κ3) is 3.83. The van der Waals surface area contributed by atoms with Crippen molar-refractivity contribution in [1.82, 2.24) is 4.72 Å². The molecule has 3 rings (SSSR count). The van der Waals surface area contributed by atoms with Crippen LogP contribution in [-0.4, -0.2) is 14.3 Å². The zero-order chi connectivity index (χ0) is 18.2. The summed E-state index contributed by atoms with van der Waals surface area (Å²) in [5.41, 5.74) is 0.469. The third-order valence-electron chi connectivity index (χ3n) is 3.73. The van der Waals surface area contributed by atoms with E-state index in [4.69, 9.17) is 0 Å². The molecule has 0 radical (unpaired) electrons. The molecule has 132 valence electrons. The molecule has 0 bridgehead atoms. The topological polar surface area (TPSA) is 75.3 Å². The van der Waals surface area contributed by atoms with Gasteiger partial charge >= 0.3 is 6.18 Å². The van der Waals surface area contributed by atoms with Gasteiger partial charge in [-0.3, -0.25) is 4.79 Å². The fraction of sp³-hybridized carbons (Fsp3) is 0.188. The van der Waals surface area contributed by atoms with E-state index in [9.17, 15) is 26.4 Å². The second-order valence-electron chi connectivity index (χ2n) is 5.57. The lowest BCUT2D eigenvalue weighted by molar-refractivity contribution is -0.137. The number of hydrogen-bond donors (Lipinski definition) is 2. The minimum atomic E-state index is -4.49. The molecule has 0 atom stereocenters.